The average Bonchev–Trinajstić information content (AvgIpc) is 2.42. The molecular weight excluding hydrogens is 265 g/mol. The number of rotatable bonds is 5. The topological polar surface area (TPSA) is 35.2 Å². The molecule has 0 radical (unpaired) electrons. The third kappa shape index (κ3) is 3.69. The highest BCUT2D eigenvalue weighted by Gasteiger charge is 2.07. The molecule has 0 bridgehead atoms. The summed E-state index contributed by atoms with van der Waals surface area (Å²) in [5.41, 5.74) is 7.64. The van der Waals surface area contributed by atoms with E-state index in [2.05, 4.69) is 0 Å². The van der Waals surface area contributed by atoms with Gasteiger partial charge in [-0.15, -0.1) is 0 Å². The van der Waals surface area contributed by atoms with Crippen LogP contribution in [0.1, 0.15) is 11.1 Å². The fourth-order valence-corrected chi connectivity index (χ4v) is 1.89. The molecular formula is C15H15ClFNO. The van der Waals surface area contributed by atoms with Gasteiger partial charge >= 0.3 is 0 Å². The van der Waals surface area contributed by atoms with Crippen molar-refractivity contribution in [2.45, 2.75) is 13.0 Å². The molecule has 0 fully saturated rings. The summed E-state index contributed by atoms with van der Waals surface area (Å²) in [6.45, 7) is 0.934. The van der Waals surface area contributed by atoms with E-state index in [4.69, 9.17) is 22.1 Å². The first-order valence-electron chi connectivity index (χ1n) is 6.05. The Labute approximate surface area is 117 Å². The lowest BCUT2D eigenvalue weighted by Gasteiger charge is -2.08. The number of nitrogens with two attached hydrogens (primary N) is 1. The van der Waals surface area contributed by atoms with E-state index < -0.39 is 5.82 Å². The highest BCUT2D eigenvalue weighted by Crippen LogP contribution is 2.24. The molecule has 0 spiro atoms. The van der Waals surface area contributed by atoms with Crippen LogP contribution in [0.2, 0.25) is 5.02 Å². The molecule has 0 aliphatic rings. The fraction of sp³-hybridized carbons (Fsp3) is 0.200. The normalized spacial score (nSPS) is 10.5. The molecule has 2 N–H and O–H groups in total. The van der Waals surface area contributed by atoms with Crippen molar-refractivity contribution < 1.29 is 9.13 Å². The van der Waals surface area contributed by atoms with Crippen molar-refractivity contribution in [2.75, 3.05) is 6.54 Å². The molecule has 2 aromatic rings. The van der Waals surface area contributed by atoms with E-state index in [0.29, 0.717) is 13.2 Å². The average molecular weight is 280 g/mol. The minimum absolute atomic E-state index is 0.0655. The van der Waals surface area contributed by atoms with Gasteiger partial charge in [0.05, 0.1) is 5.02 Å². The summed E-state index contributed by atoms with van der Waals surface area (Å²) in [6, 6.07) is 12.6. The number of hydrogen-bond acceptors (Lipinski definition) is 2. The van der Waals surface area contributed by atoms with Crippen LogP contribution in [0.25, 0.3) is 0 Å². The molecule has 0 amide bonds. The van der Waals surface area contributed by atoms with E-state index in [-0.39, 0.29) is 10.8 Å². The molecule has 2 rings (SSSR count). The van der Waals surface area contributed by atoms with Crippen molar-refractivity contribution in [1.82, 2.24) is 0 Å². The molecule has 100 valence electrons. The van der Waals surface area contributed by atoms with Crippen LogP contribution in [0.4, 0.5) is 4.39 Å². The number of benzene rings is 2. The highest BCUT2D eigenvalue weighted by molar-refractivity contribution is 6.30. The monoisotopic (exact) mass is 279 g/mol. The van der Waals surface area contributed by atoms with Gasteiger partial charge in [-0.3, -0.25) is 0 Å². The number of hydrogen-bond donors (Lipinski definition) is 1. The van der Waals surface area contributed by atoms with Gasteiger partial charge in [-0.2, -0.15) is 0 Å². The van der Waals surface area contributed by atoms with Gasteiger partial charge in [0.1, 0.15) is 6.61 Å². The highest BCUT2D eigenvalue weighted by atomic mass is 35.5. The van der Waals surface area contributed by atoms with Gasteiger partial charge in [-0.05, 0) is 36.2 Å². The Kier molecular flexibility index (Phi) is 4.77. The van der Waals surface area contributed by atoms with Crippen LogP contribution in [-0.4, -0.2) is 6.54 Å². The molecule has 0 aliphatic carbocycles. The molecule has 2 nitrogen and oxygen atoms in total. The Morgan fingerprint density at radius 1 is 1.05 bits per heavy atom. The Balaban J connectivity index is 2.00. The summed E-state index contributed by atoms with van der Waals surface area (Å²) in [7, 11) is 0. The van der Waals surface area contributed by atoms with Gasteiger partial charge in [0.15, 0.2) is 11.6 Å². The van der Waals surface area contributed by atoms with Crippen molar-refractivity contribution in [1.29, 1.82) is 0 Å². The zero-order chi connectivity index (χ0) is 13.7. The number of ether oxygens (including phenoxy) is 1. The van der Waals surface area contributed by atoms with Gasteiger partial charge in [-0.25, -0.2) is 4.39 Å². The maximum absolute atomic E-state index is 13.6. The van der Waals surface area contributed by atoms with E-state index in [1.54, 1.807) is 12.1 Å². The van der Waals surface area contributed by atoms with Gasteiger partial charge < -0.3 is 10.5 Å². The summed E-state index contributed by atoms with van der Waals surface area (Å²) in [5.74, 6) is -0.359. The van der Waals surface area contributed by atoms with Crippen LogP contribution in [-0.2, 0) is 13.0 Å². The van der Waals surface area contributed by atoms with E-state index >= 15 is 0 Å². The van der Waals surface area contributed by atoms with E-state index in [0.717, 1.165) is 12.0 Å². The molecule has 0 unspecified atom stereocenters. The SMILES string of the molecule is NCCc1ccc(COc2cccc(Cl)c2F)cc1. The molecule has 0 saturated carbocycles. The Morgan fingerprint density at radius 2 is 1.74 bits per heavy atom. The number of halogens is 2. The molecule has 19 heavy (non-hydrogen) atoms. The molecule has 2 aromatic carbocycles. The Bertz CT molecular complexity index is 542. The van der Waals surface area contributed by atoms with Gasteiger partial charge in [-0.1, -0.05) is 41.9 Å². The van der Waals surface area contributed by atoms with Gasteiger partial charge in [0.25, 0.3) is 0 Å². The molecule has 0 aliphatic heterocycles. The summed E-state index contributed by atoms with van der Waals surface area (Å²) in [4.78, 5) is 0. The van der Waals surface area contributed by atoms with Crippen LogP contribution in [0.3, 0.4) is 0 Å². The zero-order valence-corrected chi connectivity index (χ0v) is 11.2. The van der Waals surface area contributed by atoms with Crippen LogP contribution in [0, 0.1) is 5.82 Å². The lowest BCUT2D eigenvalue weighted by molar-refractivity contribution is 0.290. The van der Waals surface area contributed by atoms with Crippen molar-refractivity contribution in [2.24, 2.45) is 5.73 Å². The third-order valence-electron chi connectivity index (χ3n) is 2.77. The Hall–Kier alpha value is -1.58. The second kappa shape index (κ2) is 6.55. The van der Waals surface area contributed by atoms with Crippen LogP contribution in [0.5, 0.6) is 5.75 Å². The predicted octanol–water partition coefficient (Wildman–Crippen LogP) is 3.56. The maximum Gasteiger partial charge on any atom is 0.183 e. The third-order valence-corrected chi connectivity index (χ3v) is 3.06. The van der Waals surface area contributed by atoms with E-state index in [1.165, 1.54) is 11.6 Å². The minimum Gasteiger partial charge on any atom is -0.486 e. The molecule has 0 heterocycles. The summed E-state index contributed by atoms with van der Waals surface area (Å²) in [6.07, 6.45) is 0.851. The first kappa shape index (κ1) is 13.8. The standard InChI is InChI=1S/C15H15ClFNO/c16-13-2-1-3-14(15(13)17)19-10-12-6-4-11(5-7-12)8-9-18/h1-7H,8-10,18H2. The van der Waals surface area contributed by atoms with Crippen LogP contribution < -0.4 is 10.5 Å². The van der Waals surface area contributed by atoms with Crippen LogP contribution in [0.15, 0.2) is 42.5 Å². The molecule has 0 aromatic heterocycles. The summed E-state index contributed by atoms with van der Waals surface area (Å²) >= 11 is 5.68. The first-order valence-corrected chi connectivity index (χ1v) is 6.43. The largest absolute Gasteiger partial charge is 0.486 e. The van der Waals surface area contributed by atoms with Crippen molar-refractivity contribution in [3.8, 4) is 5.75 Å². The molecule has 0 saturated heterocycles. The maximum atomic E-state index is 13.6. The van der Waals surface area contributed by atoms with E-state index in [1.807, 2.05) is 24.3 Å². The molecule has 0 atom stereocenters. The van der Waals surface area contributed by atoms with Gasteiger partial charge in [0.2, 0.25) is 0 Å². The fourth-order valence-electron chi connectivity index (χ4n) is 1.73. The van der Waals surface area contributed by atoms with Crippen molar-refractivity contribution in [3.63, 3.8) is 0 Å². The second-order valence-electron chi connectivity index (χ2n) is 4.20. The quantitative estimate of drug-likeness (QED) is 0.908. The first-order chi connectivity index (χ1) is 9.20. The second-order valence-corrected chi connectivity index (χ2v) is 4.60. The van der Waals surface area contributed by atoms with Crippen LogP contribution >= 0.6 is 11.6 Å². The lowest BCUT2D eigenvalue weighted by atomic mass is 10.1. The lowest BCUT2D eigenvalue weighted by Crippen LogP contribution is -2.03. The van der Waals surface area contributed by atoms with Crippen molar-refractivity contribution >= 4 is 11.6 Å². The summed E-state index contributed by atoms with van der Waals surface area (Å²) in [5, 5.41) is 0.0655. The molecule has 4 heteroatoms. The minimum atomic E-state index is -0.524. The van der Waals surface area contributed by atoms with Gasteiger partial charge in [0, 0.05) is 0 Å². The summed E-state index contributed by atoms with van der Waals surface area (Å²) < 4.78 is 19.0. The zero-order valence-electron chi connectivity index (χ0n) is 10.4. The Morgan fingerprint density at radius 3 is 2.42 bits per heavy atom. The smallest absolute Gasteiger partial charge is 0.183 e. The van der Waals surface area contributed by atoms with E-state index in [9.17, 15) is 4.39 Å². The van der Waals surface area contributed by atoms with Crippen molar-refractivity contribution in [3.05, 3.63) is 64.4 Å². The predicted molar refractivity (Wildman–Crippen MR) is 74.9 cm³/mol.